The van der Waals surface area contributed by atoms with Crippen molar-refractivity contribution in [1.82, 2.24) is 37.8 Å². The summed E-state index contributed by atoms with van der Waals surface area (Å²) in [6.07, 6.45) is 2.56. The van der Waals surface area contributed by atoms with Crippen LogP contribution in [0.1, 0.15) is 77.6 Å². The number of sulfonamides is 3. The molecule has 0 aromatic heterocycles. The molecule has 24 nitrogen and oxygen atoms in total. The Balaban J connectivity index is -0.000000531. The molecule has 2 heterocycles. The second-order valence-corrected chi connectivity index (χ2v) is 33.9. The van der Waals surface area contributed by atoms with Crippen LogP contribution in [0.2, 0.25) is 0 Å². The van der Waals surface area contributed by atoms with Gasteiger partial charge in [-0.15, -0.1) is 0 Å². The van der Waals surface area contributed by atoms with Gasteiger partial charge >= 0.3 is 42.3 Å². The van der Waals surface area contributed by atoms with Gasteiger partial charge in [0.2, 0.25) is 30.1 Å². The first kappa shape index (κ1) is 97.5. The first-order valence-electron chi connectivity index (χ1n) is 28.8. The van der Waals surface area contributed by atoms with Crippen molar-refractivity contribution in [3.8, 4) is 0 Å². The Kier molecular flexibility index (Phi) is 48.2. The minimum absolute atomic E-state index is 0. The maximum absolute atomic E-state index is 12.9. The summed E-state index contributed by atoms with van der Waals surface area (Å²) in [5, 5.41) is 3.06. The van der Waals surface area contributed by atoms with Crippen LogP contribution < -0.4 is 10.8 Å². The SMILES string of the molecule is C.C.C1CCOC1.CNCCN(C)C.Cc1ccc(S(=O)(=O)Cl)cc1.Cc1ccc(S(=O)(=O)N(C)CCN(C)C)cc1.Cc1ccc(S(=O)(=O)N(C)CCN(C)C)cc1B1OC(C)(C)C(C)(C)O1.Cc1ccc(S(=O)(=O)N(C)CCN(C)C)cc1Br.O=S(=O)(O)O.[B]=NS. The zero-order valence-electron chi connectivity index (χ0n) is 57.2. The summed E-state index contributed by atoms with van der Waals surface area (Å²) >= 11 is 6.55. The molecule has 2 aliphatic rings. The van der Waals surface area contributed by atoms with Gasteiger partial charge in [0.05, 0.1) is 30.8 Å². The number of likely N-dealkylation sites (N-methyl/N-ethyl adjacent to an activating group) is 8. The van der Waals surface area contributed by atoms with E-state index >= 15 is 0 Å². The Bertz CT molecular complexity index is 3350. The summed E-state index contributed by atoms with van der Waals surface area (Å²) in [6.45, 7) is 23.3. The van der Waals surface area contributed by atoms with E-state index in [9.17, 15) is 33.7 Å². The molecular weight excluding hydrogens is 1420 g/mol. The van der Waals surface area contributed by atoms with Gasteiger partial charge in [0.25, 0.3) is 9.05 Å². The molecular formula is C60H110B2BrClN9O15S6. The van der Waals surface area contributed by atoms with Crippen molar-refractivity contribution in [1.29, 1.82) is 0 Å². The number of aryl methyl sites for hydroxylation is 4. The van der Waals surface area contributed by atoms with E-state index in [0.29, 0.717) is 49.1 Å². The van der Waals surface area contributed by atoms with E-state index in [4.69, 9.17) is 42.3 Å². The van der Waals surface area contributed by atoms with Gasteiger partial charge in [0.1, 0.15) is 0 Å². The Morgan fingerprint density at radius 2 is 0.840 bits per heavy atom. The molecule has 0 atom stereocenters. The topological polar surface area (TPSA) is 286 Å². The van der Waals surface area contributed by atoms with Crippen LogP contribution in [-0.4, -0.2) is 260 Å². The van der Waals surface area contributed by atoms with Gasteiger partial charge in [-0.2, -0.15) is 21.3 Å². The molecule has 6 rings (SSSR count). The van der Waals surface area contributed by atoms with Crippen molar-refractivity contribution in [3.63, 3.8) is 0 Å². The number of nitrogens with one attached hydrogen (secondary N) is 1. The fourth-order valence-corrected chi connectivity index (χ4v) is 11.8. The maximum atomic E-state index is 12.9. The number of nitrogens with zero attached hydrogens (tertiary/aromatic N) is 8. The summed E-state index contributed by atoms with van der Waals surface area (Å²) in [4.78, 5) is 9.09. The summed E-state index contributed by atoms with van der Waals surface area (Å²) < 4.78 is 153. The van der Waals surface area contributed by atoms with Gasteiger partial charge in [-0.05, 0) is 191 Å². The van der Waals surface area contributed by atoms with Crippen LogP contribution in [0.25, 0.3) is 0 Å². The van der Waals surface area contributed by atoms with Gasteiger partial charge in [-0.3, -0.25) is 9.11 Å². The van der Waals surface area contributed by atoms with Crippen molar-refractivity contribution in [2.24, 2.45) is 4.30 Å². The molecule has 4 aromatic rings. The van der Waals surface area contributed by atoms with Crippen LogP contribution in [-0.2, 0) is 63.6 Å². The molecule has 2 aliphatic heterocycles. The molecule has 0 spiro atoms. The number of hydrogen-bond acceptors (Lipinski definition) is 20. The Morgan fingerprint density at radius 1 is 0.543 bits per heavy atom. The molecule has 0 amide bonds. The number of rotatable bonds is 20. The minimum atomic E-state index is -4.67. The molecule has 94 heavy (non-hydrogen) atoms. The molecule has 4 aromatic carbocycles. The van der Waals surface area contributed by atoms with Crippen LogP contribution in [0.4, 0.5) is 0 Å². The van der Waals surface area contributed by atoms with E-state index in [-0.39, 0.29) is 24.6 Å². The third kappa shape index (κ3) is 39.7. The van der Waals surface area contributed by atoms with Gasteiger partial charge in [0, 0.05) is 102 Å². The second kappa shape index (κ2) is 46.5. The summed E-state index contributed by atoms with van der Waals surface area (Å²) in [7, 11) is 12.8. The predicted octanol–water partition coefficient (Wildman–Crippen LogP) is 7.88. The first-order chi connectivity index (χ1) is 42.0. The normalized spacial score (nSPS) is 14.1. The van der Waals surface area contributed by atoms with Gasteiger partial charge in [-0.1, -0.05) is 83.9 Å². The molecule has 0 unspecified atom stereocenters. The summed E-state index contributed by atoms with van der Waals surface area (Å²) in [6, 6.07) is 23.5. The standard InChI is InChI=1S/C18H31BN2O4S.C12H19BrN2O2S.C12H20N2O2S.C7H7ClO2S.C5H14N2.C4H8O.2CH4.BHNS.H2O4S/c1-14-9-10-15(26(22,23)21(8)12-11-20(6)7)13-16(14)19-24-17(2,3)18(4,5)25-19;1-10-5-6-11(9-12(10)13)18(16,17)15(4)8-7-14(2)3;1-11-5-7-12(8-6-11)17(15,16)14(4)10-9-13(2)3;1-6-2-4-7(5-3-6)11(8,9)10;1-6-4-5-7(2)3;1-2-4-5-3-1;;;1-2-3;1-5(2,3)4/h9-10,13H,11-12H2,1-8H3;5-6,9H,7-8H2,1-4H3;5-8H,9-10H2,1-4H3;2-5H,1H3;6H,4-5H2,1-3H3;1-4H2;2*1H4;3H;(H2,1,2,3,4). The van der Waals surface area contributed by atoms with Gasteiger partial charge in [0.15, 0.2) is 0 Å². The van der Waals surface area contributed by atoms with E-state index in [0.717, 1.165) is 58.5 Å². The van der Waals surface area contributed by atoms with Crippen LogP contribution in [0.5, 0.6) is 0 Å². The van der Waals surface area contributed by atoms with E-state index in [1.165, 1.54) is 37.9 Å². The van der Waals surface area contributed by atoms with Crippen molar-refractivity contribution >= 4 is 109 Å². The van der Waals surface area contributed by atoms with Crippen molar-refractivity contribution in [2.75, 3.05) is 150 Å². The van der Waals surface area contributed by atoms with E-state index in [1.807, 2.05) is 138 Å². The quantitative estimate of drug-likeness (QED) is 0.0283. The predicted molar refractivity (Wildman–Crippen MR) is 394 cm³/mol. The molecule has 3 N–H and O–H groups in total. The van der Waals surface area contributed by atoms with Crippen molar-refractivity contribution in [3.05, 3.63) is 112 Å². The average molecular weight is 1530 g/mol. The Morgan fingerprint density at radius 3 is 1.12 bits per heavy atom. The fourth-order valence-electron chi connectivity index (χ4n) is 6.92. The summed E-state index contributed by atoms with van der Waals surface area (Å²) in [5.41, 5.74) is 3.84. The monoisotopic (exact) mass is 1520 g/mol. The van der Waals surface area contributed by atoms with E-state index in [1.54, 1.807) is 75.7 Å². The molecule has 1 radical (unpaired) electrons. The number of thiol groups is 1. The molecule has 541 valence electrons. The number of benzene rings is 4. The van der Waals surface area contributed by atoms with Crippen LogP contribution in [0.3, 0.4) is 0 Å². The zero-order valence-corrected chi connectivity index (χ0v) is 64.6. The molecule has 2 saturated heterocycles. The third-order valence-electron chi connectivity index (χ3n) is 13.6. The molecule has 0 saturated carbocycles. The van der Waals surface area contributed by atoms with Crippen LogP contribution >= 0.6 is 39.4 Å². The average Bonchev–Trinajstić information content (AvgIpc) is 1.59. The van der Waals surface area contributed by atoms with E-state index in [2.05, 4.69) is 65.0 Å². The molecule has 34 heteroatoms. The van der Waals surface area contributed by atoms with Crippen molar-refractivity contribution in [2.45, 2.75) is 114 Å². The van der Waals surface area contributed by atoms with Crippen LogP contribution in [0, 0.1) is 27.7 Å². The third-order valence-corrected chi connectivity index (χ3v) is 21.4. The second-order valence-electron chi connectivity index (χ2n) is 23.3. The fraction of sp³-hybridized carbons (Fsp3) is 0.600. The number of halogens is 2. The van der Waals surface area contributed by atoms with Gasteiger partial charge in [-0.25, -0.2) is 33.7 Å². The van der Waals surface area contributed by atoms with Gasteiger partial charge < -0.3 is 39.0 Å². The van der Waals surface area contributed by atoms with Crippen molar-refractivity contribution < 1.29 is 65.2 Å². The first-order valence-corrected chi connectivity index (χ1v) is 38.0. The Hall–Kier alpha value is -2.84. The number of hydrogen-bond donors (Lipinski definition) is 4. The van der Waals surface area contributed by atoms with E-state index < -0.39 is 67.8 Å². The molecule has 0 aliphatic carbocycles. The molecule has 2 fully saturated rings. The van der Waals surface area contributed by atoms with Crippen LogP contribution in [0.15, 0.2) is 113 Å². The summed E-state index contributed by atoms with van der Waals surface area (Å²) in [5.74, 6) is 0. The Labute approximate surface area is 587 Å². The molecule has 0 bridgehead atoms. The number of ether oxygens (including phenoxy) is 1. The zero-order chi connectivity index (χ0) is 71.8.